The van der Waals surface area contributed by atoms with Crippen molar-refractivity contribution in [1.82, 2.24) is 5.32 Å². The van der Waals surface area contributed by atoms with Crippen LogP contribution in [0.4, 0.5) is 0 Å². The molecule has 1 unspecified atom stereocenters. The molecule has 0 amide bonds. The van der Waals surface area contributed by atoms with Crippen LogP contribution in [-0.4, -0.2) is 38.7 Å². The van der Waals surface area contributed by atoms with E-state index in [1.54, 1.807) is 26.0 Å². The molecule has 0 bridgehead atoms. The monoisotopic (exact) mass is 347 g/mol. The van der Waals surface area contributed by atoms with E-state index in [1.165, 1.54) is 5.56 Å². The molecule has 24 heavy (non-hydrogen) atoms. The average Bonchev–Trinajstić information content (AvgIpc) is 2.64. The Kier molecular flexibility index (Phi) is 7.43. The van der Waals surface area contributed by atoms with Crippen LogP contribution in [-0.2, 0) is 6.42 Å². The first-order valence-corrected chi connectivity index (χ1v) is 9.14. The number of hydrogen-bond acceptors (Lipinski definition) is 5. The maximum absolute atomic E-state index is 10.3. The molecule has 0 aliphatic rings. The number of hydrogen-bond donors (Lipinski definition) is 2. The van der Waals surface area contributed by atoms with Gasteiger partial charge in [-0.1, -0.05) is 18.2 Å². The second-order valence-corrected chi connectivity index (χ2v) is 6.32. The van der Waals surface area contributed by atoms with E-state index in [-0.39, 0.29) is 0 Å². The topological polar surface area (TPSA) is 50.7 Å². The van der Waals surface area contributed by atoms with Gasteiger partial charge in [0.2, 0.25) is 0 Å². The van der Waals surface area contributed by atoms with Crippen molar-refractivity contribution in [3.8, 4) is 11.5 Å². The van der Waals surface area contributed by atoms with Crippen molar-refractivity contribution < 1.29 is 14.6 Å². The molecule has 0 heterocycles. The Morgan fingerprint density at radius 3 is 2.58 bits per heavy atom. The number of rotatable bonds is 9. The van der Waals surface area contributed by atoms with Crippen molar-refractivity contribution in [3.63, 3.8) is 0 Å². The lowest BCUT2D eigenvalue weighted by Crippen LogP contribution is -2.23. The smallest absolute Gasteiger partial charge is 0.160 e. The van der Waals surface area contributed by atoms with Crippen LogP contribution in [0, 0.1) is 0 Å². The summed E-state index contributed by atoms with van der Waals surface area (Å²) in [6, 6.07) is 13.9. The summed E-state index contributed by atoms with van der Waals surface area (Å²) in [5.41, 5.74) is 2.11. The van der Waals surface area contributed by atoms with Gasteiger partial charge in [-0.2, -0.15) is 0 Å². The molecular formula is C19H25NO3S. The molecule has 2 aromatic carbocycles. The first kappa shape index (κ1) is 18.6. The van der Waals surface area contributed by atoms with E-state index in [1.807, 2.05) is 48.7 Å². The highest BCUT2D eigenvalue weighted by Crippen LogP contribution is 2.27. The van der Waals surface area contributed by atoms with Gasteiger partial charge < -0.3 is 19.9 Å². The molecule has 0 aliphatic carbocycles. The predicted octanol–water partition coefficient (Wildman–Crippen LogP) is 3.29. The summed E-state index contributed by atoms with van der Waals surface area (Å²) in [7, 11) is 3.27. The van der Waals surface area contributed by atoms with E-state index in [0.29, 0.717) is 6.54 Å². The Morgan fingerprint density at radius 1 is 1.08 bits per heavy atom. The molecule has 0 radical (unpaired) electrons. The van der Waals surface area contributed by atoms with E-state index >= 15 is 0 Å². The van der Waals surface area contributed by atoms with Gasteiger partial charge in [0.05, 0.1) is 20.3 Å². The van der Waals surface area contributed by atoms with Gasteiger partial charge in [-0.15, -0.1) is 11.8 Å². The highest BCUT2D eigenvalue weighted by molar-refractivity contribution is 7.98. The van der Waals surface area contributed by atoms with Crippen LogP contribution in [0.15, 0.2) is 47.4 Å². The lowest BCUT2D eigenvalue weighted by molar-refractivity contribution is 0.175. The molecule has 0 aliphatic heterocycles. The second kappa shape index (κ2) is 9.57. The number of ether oxygens (including phenoxy) is 2. The fourth-order valence-corrected chi connectivity index (χ4v) is 2.94. The van der Waals surface area contributed by atoms with Gasteiger partial charge >= 0.3 is 0 Å². The van der Waals surface area contributed by atoms with Crippen molar-refractivity contribution in [2.75, 3.05) is 33.6 Å². The number of methoxy groups -OCH3 is 2. The molecule has 2 N–H and O–H groups in total. The number of aliphatic hydroxyl groups excluding tert-OH is 1. The third-order valence-corrected chi connectivity index (χ3v) is 4.58. The summed E-state index contributed by atoms with van der Waals surface area (Å²) in [5.74, 6) is 1.47. The van der Waals surface area contributed by atoms with E-state index in [2.05, 4.69) is 5.32 Å². The maximum Gasteiger partial charge on any atom is 0.160 e. The first-order chi connectivity index (χ1) is 11.7. The predicted molar refractivity (Wildman–Crippen MR) is 99.3 cm³/mol. The Morgan fingerprint density at radius 2 is 1.88 bits per heavy atom. The highest BCUT2D eigenvalue weighted by Gasteiger charge is 2.08. The van der Waals surface area contributed by atoms with Crippen molar-refractivity contribution in [3.05, 3.63) is 53.6 Å². The Labute approximate surface area is 148 Å². The number of benzene rings is 2. The average molecular weight is 347 g/mol. The minimum atomic E-state index is -0.498. The number of aliphatic hydroxyl groups is 1. The SMILES string of the molecule is COc1ccc(CCNCC(O)c2cccc(SC)c2)cc1OC. The molecule has 5 heteroatoms. The zero-order chi connectivity index (χ0) is 17.4. The molecule has 0 fully saturated rings. The van der Waals surface area contributed by atoms with Crippen LogP contribution in [0.3, 0.4) is 0 Å². The van der Waals surface area contributed by atoms with Gasteiger partial charge in [0.15, 0.2) is 11.5 Å². The van der Waals surface area contributed by atoms with E-state index in [9.17, 15) is 5.11 Å². The number of nitrogens with one attached hydrogen (secondary N) is 1. The summed E-state index contributed by atoms with van der Waals surface area (Å²) in [6.07, 6.45) is 2.40. The molecule has 4 nitrogen and oxygen atoms in total. The summed E-state index contributed by atoms with van der Waals surface area (Å²) in [4.78, 5) is 1.16. The molecule has 0 spiro atoms. The minimum Gasteiger partial charge on any atom is -0.493 e. The zero-order valence-electron chi connectivity index (χ0n) is 14.4. The van der Waals surface area contributed by atoms with E-state index in [4.69, 9.17) is 9.47 Å². The zero-order valence-corrected chi connectivity index (χ0v) is 15.2. The Bertz CT molecular complexity index is 648. The normalized spacial score (nSPS) is 12.0. The summed E-state index contributed by atoms with van der Waals surface area (Å²) in [6.45, 7) is 1.32. The molecule has 2 aromatic rings. The van der Waals surface area contributed by atoms with E-state index < -0.39 is 6.10 Å². The number of thioether (sulfide) groups is 1. The molecule has 0 saturated carbocycles. The minimum absolute atomic E-state index is 0.498. The lowest BCUT2D eigenvalue weighted by atomic mass is 10.1. The van der Waals surface area contributed by atoms with Gasteiger partial charge in [0, 0.05) is 11.4 Å². The van der Waals surface area contributed by atoms with Crippen molar-refractivity contribution in [2.24, 2.45) is 0 Å². The largest absolute Gasteiger partial charge is 0.493 e. The van der Waals surface area contributed by atoms with Crippen LogP contribution < -0.4 is 14.8 Å². The fraction of sp³-hybridized carbons (Fsp3) is 0.368. The summed E-state index contributed by atoms with van der Waals surface area (Å²) in [5, 5.41) is 13.6. The molecule has 0 aromatic heterocycles. The van der Waals surface area contributed by atoms with Gasteiger partial charge in [0.25, 0.3) is 0 Å². The first-order valence-electron chi connectivity index (χ1n) is 7.91. The van der Waals surface area contributed by atoms with Crippen LogP contribution >= 0.6 is 11.8 Å². The van der Waals surface area contributed by atoms with Gasteiger partial charge in [-0.25, -0.2) is 0 Å². The molecule has 0 saturated heterocycles. The van der Waals surface area contributed by atoms with Gasteiger partial charge in [-0.3, -0.25) is 0 Å². The van der Waals surface area contributed by atoms with Crippen molar-refractivity contribution >= 4 is 11.8 Å². The quantitative estimate of drug-likeness (QED) is 0.538. The summed E-state index contributed by atoms with van der Waals surface area (Å²) >= 11 is 1.68. The molecule has 2 rings (SSSR count). The lowest BCUT2D eigenvalue weighted by Gasteiger charge is -2.14. The second-order valence-electron chi connectivity index (χ2n) is 5.44. The standard InChI is InChI=1S/C19H25NO3S/c1-22-18-8-7-14(11-19(18)23-2)9-10-20-13-17(21)15-5-4-6-16(12-15)24-3/h4-8,11-12,17,20-21H,9-10,13H2,1-3H3. The van der Waals surface area contributed by atoms with Crippen molar-refractivity contribution in [1.29, 1.82) is 0 Å². The maximum atomic E-state index is 10.3. The van der Waals surface area contributed by atoms with Crippen LogP contribution in [0.1, 0.15) is 17.2 Å². The van der Waals surface area contributed by atoms with Crippen molar-refractivity contribution in [2.45, 2.75) is 17.4 Å². The fourth-order valence-electron chi connectivity index (χ4n) is 2.47. The molecular weight excluding hydrogens is 322 g/mol. The highest BCUT2D eigenvalue weighted by atomic mass is 32.2. The summed E-state index contributed by atoms with van der Waals surface area (Å²) < 4.78 is 10.6. The van der Waals surface area contributed by atoms with Gasteiger partial charge in [-0.05, 0) is 54.6 Å². The van der Waals surface area contributed by atoms with Crippen LogP contribution in [0.25, 0.3) is 0 Å². The van der Waals surface area contributed by atoms with Crippen LogP contribution in [0.2, 0.25) is 0 Å². The third-order valence-electron chi connectivity index (χ3n) is 3.85. The molecule has 1 atom stereocenters. The molecule has 130 valence electrons. The third kappa shape index (κ3) is 5.16. The van der Waals surface area contributed by atoms with Gasteiger partial charge in [0.1, 0.15) is 0 Å². The Hall–Kier alpha value is -1.69. The Balaban J connectivity index is 1.82. The van der Waals surface area contributed by atoms with E-state index in [0.717, 1.165) is 34.9 Å². The van der Waals surface area contributed by atoms with Crippen LogP contribution in [0.5, 0.6) is 11.5 Å².